The number of methoxy groups -OCH3 is 1. The summed E-state index contributed by atoms with van der Waals surface area (Å²) >= 11 is 3.17. The number of rotatable bonds is 5. The number of carboxylic acids is 1. The van der Waals surface area contributed by atoms with Crippen LogP contribution in [0, 0.1) is 0 Å². The van der Waals surface area contributed by atoms with Gasteiger partial charge in [-0.25, -0.2) is 9.59 Å². The van der Waals surface area contributed by atoms with E-state index in [1.807, 2.05) is 0 Å². The number of carbonyl (C=O) groups is 2. The Bertz CT molecular complexity index is 596. The largest absolute Gasteiger partial charge is 0.503 e. The molecule has 0 saturated heterocycles. The fraction of sp³-hybridized carbons (Fsp3) is 0.467. The molecule has 0 aliphatic heterocycles. The number of alkyl carbamates (subject to hydrolysis) is 1. The van der Waals surface area contributed by atoms with Crippen LogP contribution in [0.3, 0.4) is 0 Å². The van der Waals surface area contributed by atoms with Crippen molar-refractivity contribution in [2.75, 3.05) is 7.11 Å². The molecule has 0 fully saturated rings. The second-order valence-electron chi connectivity index (χ2n) is 5.87. The number of carbonyl (C=O) groups excluding carboxylic acids is 1. The van der Waals surface area contributed by atoms with Gasteiger partial charge in [0.25, 0.3) is 0 Å². The molecule has 0 radical (unpaired) electrons. The van der Waals surface area contributed by atoms with E-state index in [4.69, 9.17) is 9.47 Å². The number of nitrogens with one attached hydrogen (secondary N) is 1. The summed E-state index contributed by atoms with van der Waals surface area (Å²) in [5, 5.41) is 21.3. The Hall–Kier alpha value is -1.96. The molecule has 0 spiro atoms. The molecule has 0 saturated carbocycles. The van der Waals surface area contributed by atoms with Crippen LogP contribution in [-0.4, -0.2) is 41.0 Å². The highest BCUT2D eigenvalue weighted by Crippen LogP contribution is 2.35. The molecule has 8 heteroatoms. The van der Waals surface area contributed by atoms with Crippen molar-refractivity contribution in [1.82, 2.24) is 5.32 Å². The summed E-state index contributed by atoms with van der Waals surface area (Å²) in [6.07, 6.45) is -0.807. The Morgan fingerprint density at radius 3 is 2.43 bits per heavy atom. The van der Waals surface area contributed by atoms with Crippen LogP contribution in [0.2, 0.25) is 0 Å². The van der Waals surface area contributed by atoms with Crippen molar-refractivity contribution in [2.45, 2.75) is 38.8 Å². The maximum absolute atomic E-state index is 11.7. The first kappa shape index (κ1) is 19.1. The number of amides is 1. The second kappa shape index (κ2) is 7.54. The molecule has 1 atom stereocenters. The van der Waals surface area contributed by atoms with Crippen molar-refractivity contribution in [3.8, 4) is 11.5 Å². The van der Waals surface area contributed by atoms with Crippen molar-refractivity contribution in [1.29, 1.82) is 0 Å². The fourth-order valence-corrected chi connectivity index (χ4v) is 2.28. The quantitative estimate of drug-likeness (QED) is 0.714. The summed E-state index contributed by atoms with van der Waals surface area (Å²) in [6, 6.07) is 1.89. The van der Waals surface area contributed by atoms with Gasteiger partial charge in [0.1, 0.15) is 11.6 Å². The lowest BCUT2D eigenvalue weighted by atomic mass is 10.1. The molecule has 1 aromatic rings. The number of hydrogen-bond acceptors (Lipinski definition) is 5. The minimum absolute atomic E-state index is 0.00379. The van der Waals surface area contributed by atoms with Gasteiger partial charge in [0.2, 0.25) is 0 Å². The molecule has 0 bridgehead atoms. The van der Waals surface area contributed by atoms with E-state index in [-0.39, 0.29) is 17.9 Å². The van der Waals surface area contributed by atoms with Crippen molar-refractivity contribution in [3.63, 3.8) is 0 Å². The van der Waals surface area contributed by atoms with Crippen LogP contribution in [-0.2, 0) is 16.0 Å². The first-order valence-corrected chi connectivity index (χ1v) is 7.60. The van der Waals surface area contributed by atoms with Gasteiger partial charge >= 0.3 is 12.1 Å². The van der Waals surface area contributed by atoms with Gasteiger partial charge < -0.3 is 25.0 Å². The van der Waals surface area contributed by atoms with Crippen LogP contribution in [0.1, 0.15) is 26.3 Å². The van der Waals surface area contributed by atoms with Crippen LogP contribution in [0.4, 0.5) is 4.79 Å². The zero-order valence-electron chi connectivity index (χ0n) is 13.3. The highest BCUT2D eigenvalue weighted by molar-refractivity contribution is 9.10. The lowest BCUT2D eigenvalue weighted by Gasteiger charge is -2.22. The average Bonchev–Trinajstić information content (AvgIpc) is 2.39. The number of carboxylic acid groups (broad SMARTS) is 1. The zero-order valence-corrected chi connectivity index (χ0v) is 14.9. The van der Waals surface area contributed by atoms with Gasteiger partial charge in [-0.1, -0.05) is 0 Å². The first-order valence-electron chi connectivity index (χ1n) is 6.81. The van der Waals surface area contributed by atoms with Crippen LogP contribution in [0.5, 0.6) is 11.5 Å². The van der Waals surface area contributed by atoms with Gasteiger partial charge in [-0.3, -0.25) is 0 Å². The van der Waals surface area contributed by atoms with E-state index < -0.39 is 23.7 Å². The molecule has 7 nitrogen and oxygen atoms in total. The van der Waals surface area contributed by atoms with Crippen LogP contribution in [0.25, 0.3) is 0 Å². The number of hydrogen-bond donors (Lipinski definition) is 3. The first-order chi connectivity index (χ1) is 10.5. The van der Waals surface area contributed by atoms with Crippen LogP contribution >= 0.6 is 15.9 Å². The standard InChI is InChI=1S/C15H20BrNO6/c1-15(2,3)23-14(21)17-10(13(19)20)6-8-5-9(16)12(18)11(7-8)22-4/h5,7,10,18H,6H2,1-4H3,(H,17,21)(H,19,20). The number of aliphatic carboxylic acids is 1. The number of phenols is 1. The third kappa shape index (κ3) is 5.97. The number of halogens is 1. The minimum atomic E-state index is -1.20. The van der Waals surface area contributed by atoms with Crippen molar-refractivity contribution < 1.29 is 29.3 Å². The van der Waals surface area contributed by atoms with E-state index >= 15 is 0 Å². The molecule has 1 unspecified atom stereocenters. The van der Waals surface area contributed by atoms with Gasteiger partial charge in [-0.2, -0.15) is 0 Å². The molecule has 0 aliphatic rings. The van der Waals surface area contributed by atoms with E-state index in [2.05, 4.69) is 21.2 Å². The highest BCUT2D eigenvalue weighted by Gasteiger charge is 2.25. The Morgan fingerprint density at radius 2 is 1.96 bits per heavy atom. The smallest absolute Gasteiger partial charge is 0.408 e. The highest BCUT2D eigenvalue weighted by atomic mass is 79.9. The number of aromatic hydroxyl groups is 1. The molecular weight excluding hydrogens is 370 g/mol. The summed E-state index contributed by atoms with van der Waals surface area (Å²) in [4.78, 5) is 23.1. The number of phenolic OH excluding ortho intramolecular Hbond substituents is 1. The Kier molecular flexibility index (Phi) is 6.26. The molecule has 0 aromatic heterocycles. The predicted molar refractivity (Wildman–Crippen MR) is 86.9 cm³/mol. The van der Waals surface area contributed by atoms with Crippen LogP contribution < -0.4 is 10.1 Å². The van der Waals surface area contributed by atoms with Gasteiger partial charge in [-0.05, 0) is 54.4 Å². The minimum Gasteiger partial charge on any atom is -0.503 e. The zero-order chi connectivity index (χ0) is 17.8. The Balaban J connectivity index is 2.91. The fourth-order valence-electron chi connectivity index (χ4n) is 1.79. The molecule has 0 heterocycles. The maximum atomic E-state index is 11.7. The monoisotopic (exact) mass is 389 g/mol. The number of benzene rings is 1. The molecule has 1 aromatic carbocycles. The predicted octanol–water partition coefficient (Wildman–Crippen LogP) is 2.68. The van der Waals surface area contributed by atoms with Gasteiger partial charge in [0.15, 0.2) is 11.5 Å². The molecule has 0 aliphatic carbocycles. The molecular formula is C15H20BrNO6. The van der Waals surface area contributed by atoms with Gasteiger partial charge in [-0.15, -0.1) is 0 Å². The van der Waals surface area contributed by atoms with Crippen molar-refractivity contribution in [3.05, 3.63) is 22.2 Å². The number of ether oxygens (including phenoxy) is 2. The third-order valence-electron chi connectivity index (χ3n) is 2.74. The third-order valence-corrected chi connectivity index (χ3v) is 3.34. The molecule has 23 heavy (non-hydrogen) atoms. The Labute approximate surface area is 142 Å². The lowest BCUT2D eigenvalue weighted by Crippen LogP contribution is -2.44. The molecule has 128 valence electrons. The summed E-state index contributed by atoms with van der Waals surface area (Å²) < 4.78 is 10.4. The van der Waals surface area contributed by atoms with E-state index in [9.17, 15) is 19.8 Å². The van der Waals surface area contributed by atoms with E-state index in [1.165, 1.54) is 13.2 Å². The second-order valence-corrected chi connectivity index (χ2v) is 6.72. The maximum Gasteiger partial charge on any atom is 0.408 e. The van der Waals surface area contributed by atoms with Gasteiger partial charge in [0.05, 0.1) is 11.6 Å². The summed E-state index contributed by atoms with van der Waals surface area (Å²) in [5.41, 5.74) is -0.159. The Morgan fingerprint density at radius 1 is 1.35 bits per heavy atom. The molecule has 1 amide bonds. The van der Waals surface area contributed by atoms with Crippen molar-refractivity contribution >= 4 is 28.0 Å². The lowest BCUT2D eigenvalue weighted by molar-refractivity contribution is -0.139. The van der Waals surface area contributed by atoms with Gasteiger partial charge in [0, 0.05) is 6.42 Å². The summed E-state index contributed by atoms with van der Waals surface area (Å²) in [7, 11) is 1.39. The molecule has 3 N–H and O–H groups in total. The van der Waals surface area contributed by atoms with Crippen LogP contribution in [0.15, 0.2) is 16.6 Å². The van der Waals surface area contributed by atoms with E-state index in [1.54, 1.807) is 26.8 Å². The average molecular weight is 390 g/mol. The SMILES string of the molecule is COc1cc(CC(NC(=O)OC(C)(C)C)C(=O)O)cc(Br)c1O. The molecule has 1 rings (SSSR count). The van der Waals surface area contributed by atoms with E-state index in [0.717, 1.165) is 0 Å². The summed E-state index contributed by atoms with van der Waals surface area (Å²) in [6.45, 7) is 5.05. The van der Waals surface area contributed by atoms with E-state index in [0.29, 0.717) is 10.0 Å². The normalized spacial score (nSPS) is 12.4. The summed E-state index contributed by atoms with van der Waals surface area (Å²) in [5.74, 6) is -1.07. The topological polar surface area (TPSA) is 105 Å². The van der Waals surface area contributed by atoms with Crippen molar-refractivity contribution in [2.24, 2.45) is 0 Å².